The summed E-state index contributed by atoms with van der Waals surface area (Å²) in [5.74, 6) is 0.585. The van der Waals surface area contributed by atoms with Gasteiger partial charge in [0.2, 0.25) is 5.95 Å². The minimum atomic E-state index is -0.833. The van der Waals surface area contributed by atoms with Crippen LogP contribution in [0.5, 0.6) is 11.5 Å². The van der Waals surface area contributed by atoms with Gasteiger partial charge in [-0.2, -0.15) is 0 Å². The summed E-state index contributed by atoms with van der Waals surface area (Å²) < 4.78 is 10.6. The monoisotopic (exact) mass is 423 g/mol. The molecule has 0 spiro atoms. The number of fused-ring (bicyclic) bond motifs is 1. The van der Waals surface area contributed by atoms with Crippen molar-refractivity contribution >= 4 is 22.8 Å². The molecule has 2 N–H and O–H groups in total. The Morgan fingerprint density at radius 2 is 1.87 bits per heavy atom. The van der Waals surface area contributed by atoms with Gasteiger partial charge in [0.1, 0.15) is 17.0 Å². The van der Waals surface area contributed by atoms with E-state index in [0.717, 1.165) is 5.56 Å². The van der Waals surface area contributed by atoms with Crippen LogP contribution in [0.4, 0.5) is 5.95 Å². The molecular weight excluding hydrogens is 398 g/mol. The summed E-state index contributed by atoms with van der Waals surface area (Å²) >= 11 is 0. The van der Waals surface area contributed by atoms with Crippen LogP contribution in [0.25, 0.3) is 10.9 Å². The molecule has 0 bridgehead atoms. The van der Waals surface area contributed by atoms with Gasteiger partial charge in [0.25, 0.3) is 5.56 Å². The van der Waals surface area contributed by atoms with Crippen molar-refractivity contribution in [2.45, 2.75) is 19.3 Å². The van der Waals surface area contributed by atoms with Gasteiger partial charge >= 0.3 is 5.97 Å². The van der Waals surface area contributed by atoms with Crippen LogP contribution in [0.2, 0.25) is 0 Å². The van der Waals surface area contributed by atoms with E-state index in [2.05, 4.69) is 9.97 Å². The third-order valence-corrected chi connectivity index (χ3v) is 6.05. The molecule has 3 aromatic rings. The molecule has 1 fully saturated rings. The van der Waals surface area contributed by atoms with Crippen molar-refractivity contribution in [3.63, 3.8) is 0 Å². The number of aliphatic carboxylic acids is 1. The maximum atomic E-state index is 12.7. The van der Waals surface area contributed by atoms with Crippen molar-refractivity contribution in [3.05, 3.63) is 58.4 Å². The molecule has 1 saturated heterocycles. The number of hydrogen-bond donors (Lipinski definition) is 2. The molecule has 0 unspecified atom stereocenters. The number of aromatic nitrogens is 2. The Morgan fingerprint density at radius 3 is 2.48 bits per heavy atom. The highest BCUT2D eigenvalue weighted by molar-refractivity contribution is 5.86. The van der Waals surface area contributed by atoms with E-state index in [1.54, 1.807) is 12.1 Å². The van der Waals surface area contributed by atoms with Crippen LogP contribution < -0.4 is 19.9 Å². The van der Waals surface area contributed by atoms with E-state index >= 15 is 0 Å². The second kappa shape index (κ2) is 8.29. The number of ether oxygens (including phenoxy) is 2. The molecule has 8 nitrogen and oxygen atoms in total. The smallest absolute Gasteiger partial charge is 0.310 e. The van der Waals surface area contributed by atoms with Crippen LogP contribution in [0.15, 0.2) is 47.3 Å². The fourth-order valence-corrected chi connectivity index (χ4v) is 4.20. The first-order valence-corrected chi connectivity index (χ1v) is 10.1. The molecule has 1 aliphatic rings. The first kappa shape index (κ1) is 20.7. The van der Waals surface area contributed by atoms with Crippen LogP contribution in [-0.4, -0.2) is 48.4 Å². The third-order valence-electron chi connectivity index (χ3n) is 6.05. The zero-order valence-electron chi connectivity index (χ0n) is 17.6. The van der Waals surface area contributed by atoms with E-state index < -0.39 is 11.4 Å². The average molecular weight is 423 g/mol. The van der Waals surface area contributed by atoms with Crippen LogP contribution in [-0.2, 0) is 11.2 Å². The number of H-pyrrole nitrogens is 1. The number of hydrogen-bond acceptors (Lipinski definition) is 6. The Bertz CT molecular complexity index is 1150. The minimum Gasteiger partial charge on any atom is -0.497 e. The highest BCUT2D eigenvalue weighted by atomic mass is 16.5. The number of anilines is 1. The van der Waals surface area contributed by atoms with E-state index in [4.69, 9.17) is 9.47 Å². The number of rotatable bonds is 6. The Morgan fingerprint density at radius 1 is 1.16 bits per heavy atom. The normalized spacial score (nSPS) is 15.6. The molecule has 31 heavy (non-hydrogen) atoms. The molecule has 162 valence electrons. The molecule has 0 atom stereocenters. The van der Waals surface area contributed by atoms with E-state index in [1.165, 1.54) is 14.2 Å². The second-order valence-electron chi connectivity index (χ2n) is 7.85. The molecule has 2 aromatic carbocycles. The van der Waals surface area contributed by atoms with E-state index in [9.17, 15) is 14.7 Å². The minimum absolute atomic E-state index is 0.295. The van der Waals surface area contributed by atoms with E-state index in [0.29, 0.717) is 60.7 Å². The molecule has 0 radical (unpaired) electrons. The predicted molar refractivity (Wildman–Crippen MR) is 117 cm³/mol. The Balaban J connectivity index is 1.62. The summed E-state index contributed by atoms with van der Waals surface area (Å²) in [6, 6.07) is 13.0. The van der Waals surface area contributed by atoms with Crippen molar-refractivity contribution in [2.75, 3.05) is 32.2 Å². The maximum absolute atomic E-state index is 12.7. The zero-order chi connectivity index (χ0) is 22.0. The second-order valence-corrected chi connectivity index (χ2v) is 7.85. The number of piperidine rings is 1. The number of aromatic amines is 1. The summed E-state index contributed by atoms with van der Waals surface area (Å²) in [4.78, 5) is 34.3. The van der Waals surface area contributed by atoms with Gasteiger partial charge in [-0.1, -0.05) is 30.3 Å². The molecule has 8 heteroatoms. The predicted octanol–water partition coefficient (Wildman–Crippen LogP) is 2.85. The molecule has 0 aliphatic carbocycles. The Kier molecular flexibility index (Phi) is 5.54. The zero-order valence-corrected chi connectivity index (χ0v) is 17.6. The van der Waals surface area contributed by atoms with Crippen molar-refractivity contribution in [3.8, 4) is 11.5 Å². The molecule has 2 heterocycles. The van der Waals surface area contributed by atoms with Gasteiger partial charge in [-0.05, 0) is 30.9 Å². The van der Waals surface area contributed by atoms with Crippen molar-refractivity contribution in [1.82, 2.24) is 9.97 Å². The maximum Gasteiger partial charge on any atom is 0.310 e. The lowest BCUT2D eigenvalue weighted by atomic mass is 9.74. The fraction of sp³-hybridized carbons (Fsp3) is 0.348. The van der Waals surface area contributed by atoms with Gasteiger partial charge in [-0.25, -0.2) is 4.98 Å². The lowest BCUT2D eigenvalue weighted by molar-refractivity contribution is -0.150. The standard InChI is InChI=1S/C23H25N3O5/c1-30-16-12-17-19(18(13-16)31-2)24-22(25-20(17)27)26-10-8-23(9-11-26,21(28)29)14-15-6-4-3-5-7-15/h3-7,12-13H,8-11,14H2,1-2H3,(H,28,29)(H,24,25,27). The highest BCUT2D eigenvalue weighted by Crippen LogP contribution is 2.37. The SMILES string of the molecule is COc1cc(OC)c2nc(N3CCC(Cc4ccccc4)(C(=O)O)CC3)[nH]c(=O)c2c1. The topological polar surface area (TPSA) is 105 Å². The van der Waals surface area contributed by atoms with Gasteiger partial charge in [0.15, 0.2) is 0 Å². The Hall–Kier alpha value is -3.55. The first-order chi connectivity index (χ1) is 15.0. The molecule has 1 aliphatic heterocycles. The quantitative estimate of drug-likeness (QED) is 0.628. The highest BCUT2D eigenvalue weighted by Gasteiger charge is 2.42. The summed E-state index contributed by atoms with van der Waals surface area (Å²) in [7, 11) is 3.04. The van der Waals surface area contributed by atoms with E-state index in [1.807, 2.05) is 35.2 Å². The number of nitrogens with zero attached hydrogens (tertiary/aromatic N) is 2. The molecular formula is C23H25N3O5. The number of methoxy groups -OCH3 is 2. The first-order valence-electron chi connectivity index (χ1n) is 10.1. The summed E-state index contributed by atoms with van der Waals surface area (Å²) in [6.07, 6.45) is 1.39. The van der Waals surface area contributed by atoms with Gasteiger partial charge < -0.3 is 19.5 Å². The number of benzene rings is 2. The average Bonchev–Trinajstić information content (AvgIpc) is 2.79. The van der Waals surface area contributed by atoms with Crippen LogP contribution in [0.1, 0.15) is 18.4 Å². The lowest BCUT2D eigenvalue weighted by Crippen LogP contribution is -2.46. The fourth-order valence-electron chi connectivity index (χ4n) is 4.20. The summed E-state index contributed by atoms with van der Waals surface area (Å²) in [5, 5.41) is 10.4. The van der Waals surface area contributed by atoms with Crippen LogP contribution in [0, 0.1) is 5.41 Å². The number of carboxylic acid groups (broad SMARTS) is 1. The number of nitrogens with one attached hydrogen (secondary N) is 1. The van der Waals surface area contributed by atoms with Crippen molar-refractivity contribution < 1.29 is 19.4 Å². The van der Waals surface area contributed by atoms with E-state index in [-0.39, 0.29) is 5.56 Å². The van der Waals surface area contributed by atoms with Gasteiger partial charge in [-0.3, -0.25) is 14.6 Å². The number of carboxylic acids is 1. The largest absolute Gasteiger partial charge is 0.497 e. The molecule has 0 amide bonds. The molecule has 4 rings (SSSR count). The summed E-state index contributed by atoms with van der Waals surface area (Å²) in [5.41, 5.74) is 0.326. The van der Waals surface area contributed by atoms with Gasteiger partial charge in [0, 0.05) is 19.2 Å². The van der Waals surface area contributed by atoms with Crippen LogP contribution >= 0.6 is 0 Å². The van der Waals surface area contributed by atoms with Crippen molar-refractivity contribution in [2.24, 2.45) is 5.41 Å². The Labute approximate surface area is 179 Å². The summed E-state index contributed by atoms with van der Waals surface area (Å²) in [6.45, 7) is 0.956. The molecule has 0 saturated carbocycles. The lowest BCUT2D eigenvalue weighted by Gasteiger charge is -2.39. The van der Waals surface area contributed by atoms with Crippen LogP contribution in [0.3, 0.4) is 0 Å². The van der Waals surface area contributed by atoms with Gasteiger partial charge in [-0.15, -0.1) is 0 Å². The third kappa shape index (κ3) is 3.93. The number of carbonyl (C=O) groups is 1. The molecule has 1 aromatic heterocycles. The van der Waals surface area contributed by atoms with Crippen molar-refractivity contribution in [1.29, 1.82) is 0 Å². The van der Waals surface area contributed by atoms with Gasteiger partial charge in [0.05, 0.1) is 25.0 Å².